The number of carbonyl (C=O) groups excluding carboxylic acids is 4. The van der Waals surface area contributed by atoms with Gasteiger partial charge in [-0.1, -0.05) is 25.7 Å². The molecule has 0 fully saturated rings. The number of rotatable bonds is 24. The number of unbranched alkanes of at least 4 members (excludes halogenated alkanes) is 4. The molecule has 0 atom stereocenters. The van der Waals surface area contributed by atoms with Gasteiger partial charge in [-0.2, -0.15) is 25.7 Å². The predicted octanol–water partition coefficient (Wildman–Crippen LogP) is 1.46. The standard InChI is InChI=1S/C21H32O8.4CH2.4Cr/c22-9-1-5-13-26-17-21(18-27-14-6-2-10-23,19-28-15-7-3-11-24)20-29-16-8-4-12-25;;;;;;;;/h1-8,13-20H2;4*1H2;;;;/q-4;;;;;;;;. The van der Waals surface area contributed by atoms with Crippen molar-refractivity contribution in [2.45, 2.75) is 51.4 Å². The van der Waals surface area contributed by atoms with E-state index in [1.165, 1.54) is 0 Å². The molecule has 0 aromatic heterocycles. The van der Waals surface area contributed by atoms with E-state index in [1.807, 2.05) is 25.1 Å². The molecule has 0 aliphatic rings. The van der Waals surface area contributed by atoms with E-state index < -0.39 is 5.41 Å². The summed E-state index contributed by atoms with van der Waals surface area (Å²) >= 11 is 9.50. The summed E-state index contributed by atoms with van der Waals surface area (Å²) in [6, 6.07) is 0. The van der Waals surface area contributed by atoms with Crippen LogP contribution in [0, 0.1) is 5.41 Å². The zero-order valence-electron chi connectivity index (χ0n) is 21.5. The molecule has 0 N–H and O–H groups in total. The first-order chi connectivity index (χ1) is 18.2. The number of ether oxygens (including phenoxy) is 4. The third-order valence-electron chi connectivity index (χ3n) is 3.90. The zero-order chi connectivity index (χ0) is 29.5. The minimum absolute atomic E-state index is 0.297. The van der Waals surface area contributed by atoms with Gasteiger partial charge in [-0.3, -0.25) is 25.1 Å². The first-order valence-corrected chi connectivity index (χ1v) is 14.7. The van der Waals surface area contributed by atoms with Crippen molar-refractivity contribution in [3.63, 3.8) is 0 Å². The Hall–Kier alpha value is 0.130. The fourth-order valence-corrected chi connectivity index (χ4v) is 2.39. The van der Waals surface area contributed by atoms with Crippen LogP contribution in [0.5, 0.6) is 0 Å². The zero-order valence-corrected chi connectivity index (χ0v) is 26.6. The van der Waals surface area contributed by atoms with Crippen LogP contribution >= 0.6 is 0 Å². The first-order valence-electron chi connectivity index (χ1n) is 11.1. The summed E-state index contributed by atoms with van der Waals surface area (Å²) in [6.45, 7) is 2.79. The molecule has 0 aromatic carbocycles. The van der Waals surface area contributed by atoms with Gasteiger partial charge in [-0.25, -0.2) is 0 Å². The van der Waals surface area contributed by atoms with Crippen LogP contribution in [0.15, 0.2) is 0 Å². The van der Waals surface area contributed by atoms with Crippen LogP contribution in [0.1, 0.15) is 51.4 Å². The Kier molecular flexibility index (Phi) is 62.3. The molecule has 0 heterocycles. The van der Waals surface area contributed by atoms with Gasteiger partial charge in [-0.15, -0.1) is 0 Å². The fourth-order valence-electron chi connectivity index (χ4n) is 2.39. The van der Waals surface area contributed by atoms with Crippen LogP contribution in [-0.4, -0.2) is 99.5 Å². The SMILES string of the molecule is O=[C-]CCCOCC(COCCC[C-]=O)(COCCC[C-]=O)COCCC[C-]=O.[CH2]=[Cr].[CH2]=[Cr].[CH2]=[Cr].[CH2]=[Cr]. The normalized spacial score (nSPS) is 9.30. The maximum atomic E-state index is 10.3. The van der Waals surface area contributed by atoms with Crippen molar-refractivity contribution in [3.05, 3.63) is 0 Å². The molecule has 0 amide bonds. The molecular formula is C25H40Cr4O8-4. The summed E-state index contributed by atoms with van der Waals surface area (Å²) in [4.78, 5) is 41.3. The third kappa shape index (κ3) is 40.8. The van der Waals surface area contributed by atoms with E-state index in [2.05, 4.69) is 84.9 Å². The Morgan fingerprint density at radius 1 is 0.432 bits per heavy atom. The van der Waals surface area contributed by atoms with Crippen LogP contribution in [0.2, 0.25) is 0 Å². The van der Waals surface area contributed by atoms with Crippen molar-refractivity contribution in [1.82, 2.24) is 0 Å². The molecule has 0 saturated carbocycles. The summed E-state index contributed by atoms with van der Waals surface area (Å²) < 4.78 is 22.9. The Labute approximate surface area is 256 Å². The molecule has 216 valence electrons. The van der Waals surface area contributed by atoms with E-state index in [4.69, 9.17) is 18.9 Å². The molecule has 0 bridgehead atoms. The molecule has 0 unspecified atom stereocenters. The molecule has 0 rings (SSSR count). The molecule has 0 saturated heterocycles. The molecule has 37 heavy (non-hydrogen) atoms. The minimum atomic E-state index is -0.592. The van der Waals surface area contributed by atoms with Crippen LogP contribution in [-0.2, 0) is 102 Å². The van der Waals surface area contributed by atoms with Crippen molar-refractivity contribution >= 4 is 46.7 Å². The predicted molar refractivity (Wildman–Crippen MR) is 134 cm³/mol. The topological polar surface area (TPSA) is 105 Å². The Bertz CT molecular complexity index is 402. The third-order valence-corrected chi connectivity index (χ3v) is 3.90. The van der Waals surface area contributed by atoms with Gasteiger partial charge in [-0.05, 0) is 0 Å². The molecule has 0 aliphatic heterocycles. The monoisotopic (exact) mass is 676 g/mol. The van der Waals surface area contributed by atoms with E-state index in [9.17, 15) is 19.2 Å². The van der Waals surface area contributed by atoms with E-state index in [1.54, 1.807) is 0 Å². The number of hydrogen-bond acceptors (Lipinski definition) is 8. The fraction of sp³-hybridized carbons (Fsp3) is 0.680. The average molecular weight is 677 g/mol. The second-order valence-electron chi connectivity index (χ2n) is 6.70. The summed E-state index contributed by atoms with van der Waals surface area (Å²) in [7, 11) is 0. The maximum absolute atomic E-state index is 10.3. The summed E-state index contributed by atoms with van der Waals surface area (Å²) in [5, 5.41) is 12.5. The van der Waals surface area contributed by atoms with Gasteiger partial charge >= 0.3 is 84.9 Å². The van der Waals surface area contributed by atoms with Crippen molar-refractivity contribution < 1.29 is 102 Å². The van der Waals surface area contributed by atoms with Crippen molar-refractivity contribution in [3.8, 4) is 0 Å². The van der Waals surface area contributed by atoms with Crippen molar-refractivity contribution in [2.75, 3.05) is 52.9 Å². The van der Waals surface area contributed by atoms with Gasteiger partial charge in [0, 0.05) is 26.4 Å². The van der Waals surface area contributed by atoms with Crippen LogP contribution in [0.4, 0.5) is 0 Å². The molecule has 0 spiro atoms. The average Bonchev–Trinajstić information content (AvgIpc) is 2.97. The van der Waals surface area contributed by atoms with E-state index in [-0.39, 0.29) is 0 Å². The Morgan fingerprint density at radius 3 is 0.784 bits per heavy atom. The molecule has 0 radical (unpaired) electrons. The Morgan fingerprint density at radius 2 is 0.622 bits per heavy atom. The van der Waals surface area contributed by atoms with Crippen LogP contribution < -0.4 is 0 Å². The molecule has 0 aliphatic carbocycles. The number of hydrogen-bond donors (Lipinski definition) is 0. The van der Waals surface area contributed by atoms with E-state index in [0.29, 0.717) is 104 Å². The molecule has 0 aromatic rings. The second kappa shape index (κ2) is 49.1. The summed E-state index contributed by atoms with van der Waals surface area (Å²) in [6.07, 6.45) is 10.8. The quantitative estimate of drug-likeness (QED) is 0.112. The van der Waals surface area contributed by atoms with Crippen LogP contribution in [0.3, 0.4) is 0 Å². The van der Waals surface area contributed by atoms with E-state index >= 15 is 0 Å². The molecule has 8 nitrogen and oxygen atoms in total. The molecule has 12 heteroatoms. The van der Waals surface area contributed by atoms with Gasteiger partial charge in [0.1, 0.15) is 0 Å². The van der Waals surface area contributed by atoms with Crippen LogP contribution in [0.25, 0.3) is 0 Å². The summed E-state index contributed by atoms with van der Waals surface area (Å²) in [5.41, 5.74) is -0.592. The van der Waals surface area contributed by atoms with Crippen molar-refractivity contribution in [1.29, 1.82) is 0 Å². The molecular weight excluding hydrogens is 636 g/mol. The second-order valence-corrected chi connectivity index (χ2v) is 6.70. The first kappa shape index (κ1) is 47.0. The van der Waals surface area contributed by atoms with Gasteiger partial charge in [0.25, 0.3) is 0 Å². The Balaban J connectivity index is -0.000000386. The van der Waals surface area contributed by atoms with Gasteiger partial charge in [0.2, 0.25) is 0 Å². The summed E-state index contributed by atoms with van der Waals surface area (Å²) in [5.74, 6) is 0. The van der Waals surface area contributed by atoms with E-state index in [0.717, 1.165) is 0 Å². The van der Waals surface area contributed by atoms with Gasteiger partial charge in [0.05, 0.1) is 31.8 Å². The van der Waals surface area contributed by atoms with Gasteiger partial charge in [0.15, 0.2) is 0 Å². The van der Waals surface area contributed by atoms with Gasteiger partial charge < -0.3 is 38.1 Å². The van der Waals surface area contributed by atoms with Crippen molar-refractivity contribution in [2.24, 2.45) is 5.41 Å².